The van der Waals surface area contributed by atoms with Crippen molar-refractivity contribution in [3.8, 4) is 5.75 Å². The topological polar surface area (TPSA) is 61.9 Å². The van der Waals surface area contributed by atoms with Crippen molar-refractivity contribution in [1.82, 2.24) is 9.80 Å². The Bertz CT molecular complexity index is 853. The Morgan fingerprint density at radius 1 is 1.10 bits per heavy atom. The molecule has 0 radical (unpaired) electrons. The molecule has 0 saturated heterocycles. The number of likely N-dealkylation sites (N-methyl/N-ethyl adjacent to an activating group) is 1. The second kappa shape index (κ2) is 10.6. The first-order chi connectivity index (χ1) is 13.9. The monoisotopic (exact) mass is 401 g/mol. The van der Waals surface area contributed by atoms with Gasteiger partial charge in [-0.25, -0.2) is 4.39 Å². The quantitative estimate of drug-likeness (QED) is 0.700. The summed E-state index contributed by atoms with van der Waals surface area (Å²) in [6, 6.07) is 11.6. The first-order valence-electron chi connectivity index (χ1n) is 9.58. The lowest BCUT2D eigenvalue weighted by Gasteiger charge is -2.19. The van der Waals surface area contributed by atoms with Crippen LogP contribution < -0.4 is 10.1 Å². The van der Waals surface area contributed by atoms with Gasteiger partial charge in [0.1, 0.15) is 0 Å². The van der Waals surface area contributed by atoms with E-state index in [4.69, 9.17) is 4.74 Å². The first-order valence-corrected chi connectivity index (χ1v) is 9.58. The number of nitrogens with zero attached hydrogens (tertiary/aromatic N) is 2. The molecule has 156 valence electrons. The summed E-state index contributed by atoms with van der Waals surface area (Å²) < 4.78 is 18.7. The summed E-state index contributed by atoms with van der Waals surface area (Å²) in [6.07, 6.45) is 0. The molecule has 2 aromatic rings. The van der Waals surface area contributed by atoms with Gasteiger partial charge < -0.3 is 15.0 Å². The smallest absolute Gasteiger partial charge is 0.253 e. The number of rotatable bonds is 9. The van der Waals surface area contributed by atoms with Gasteiger partial charge >= 0.3 is 0 Å². The first kappa shape index (κ1) is 22.4. The highest BCUT2D eigenvalue weighted by atomic mass is 19.1. The second-order valence-electron chi connectivity index (χ2n) is 6.75. The minimum Gasteiger partial charge on any atom is -0.494 e. The molecule has 7 heteroatoms. The van der Waals surface area contributed by atoms with Gasteiger partial charge in [-0.2, -0.15) is 0 Å². The summed E-state index contributed by atoms with van der Waals surface area (Å²) in [4.78, 5) is 28.3. The third kappa shape index (κ3) is 6.29. The molecule has 0 spiro atoms. The summed E-state index contributed by atoms with van der Waals surface area (Å²) in [5, 5.41) is 2.81. The fraction of sp³-hybridized carbons (Fsp3) is 0.364. The number of ether oxygens (including phenoxy) is 1. The standard InChI is InChI=1S/C22H28FN3O3/c1-5-26(6-2)22(28)17-8-7-9-18(13-17)24-21(27)15-25(3)14-16-10-11-20(29-4)19(23)12-16/h7-13H,5-6,14-15H2,1-4H3,(H,24,27). The van der Waals surface area contributed by atoms with Crippen LogP contribution in [0.3, 0.4) is 0 Å². The van der Waals surface area contributed by atoms with E-state index in [1.54, 1.807) is 53.2 Å². The van der Waals surface area contributed by atoms with E-state index in [0.29, 0.717) is 30.9 Å². The summed E-state index contributed by atoms with van der Waals surface area (Å²) >= 11 is 0. The largest absolute Gasteiger partial charge is 0.494 e. The minimum atomic E-state index is -0.433. The van der Waals surface area contributed by atoms with E-state index >= 15 is 0 Å². The van der Waals surface area contributed by atoms with Crippen LogP contribution in [-0.4, -0.2) is 55.4 Å². The van der Waals surface area contributed by atoms with Gasteiger partial charge in [0.2, 0.25) is 5.91 Å². The van der Waals surface area contributed by atoms with Crippen molar-refractivity contribution in [2.45, 2.75) is 20.4 Å². The van der Waals surface area contributed by atoms with Crippen LogP contribution in [0.25, 0.3) is 0 Å². The van der Waals surface area contributed by atoms with Crippen LogP contribution in [-0.2, 0) is 11.3 Å². The Morgan fingerprint density at radius 2 is 1.83 bits per heavy atom. The lowest BCUT2D eigenvalue weighted by Crippen LogP contribution is -2.31. The summed E-state index contributed by atoms with van der Waals surface area (Å²) in [6.45, 7) is 5.65. The van der Waals surface area contributed by atoms with Gasteiger partial charge in [0, 0.05) is 30.9 Å². The van der Waals surface area contributed by atoms with E-state index in [2.05, 4.69) is 5.32 Å². The Morgan fingerprint density at radius 3 is 2.45 bits per heavy atom. The van der Waals surface area contributed by atoms with Crippen molar-refractivity contribution in [2.75, 3.05) is 39.1 Å². The number of methoxy groups -OCH3 is 1. The van der Waals surface area contributed by atoms with Gasteiger partial charge in [0.05, 0.1) is 13.7 Å². The minimum absolute atomic E-state index is 0.0650. The number of benzene rings is 2. The molecule has 2 amide bonds. The molecule has 0 atom stereocenters. The number of amides is 2. The summed E-state index contributed by atoms with van der Waals surface area (Å²) in [7, 11) is 3.20. The molecule has 0 bridgehead atoms. The van der Waals surface area contributed by atoms with Crippen molar-refractivity contribution >= 4 is 17.5 Å². The highest BCUT2D eigenvalue weighted by Crippen LogP contribution is 2.18. The Balaban J connectivity index is 1.95. The van der Waals surface area contributed by atoms with Crippen LogP contribution in [0.2, 0.25) is 0 Å². The molecule has 0 saturated carbocycles. The molecule has 0 heterocycles. The van der Waals surface area contributed by atoms with Crippen LogP contribution >= 0.6 is 0 Å². The molecule has 2 rings (SSSR count). The van der Waals surface area contributed by atoms with Crippen molar-refractivity contribution in [1.29, 1.82) is 0 Å². The average Bonchev–Trinajstić information content (AvgIpc) is 2.69. The average molecular weight is 401 g/mol. The number of carbonyl (C=O) groups excluding carboxylic acids is 2. The van der Waals surface area contributed by atoms with Crippen molar-refractivity contribution in [3.63, 3.8) is 0 Å². The van der Waals surface area contributed by atoms with Crippen LogP contribution in [0.4, 0.5) is 10.1 Å². The lowest BCUT2D eigenvalue weighted by atomic mass is 10.1. The number of anilines is 1. The predicted octanol–water partition coefficient (Wildman–Crippen LogP) is 3.39. The van der Waals surface area contributed by atoms with Crippen molar-refractivity contribution in [2.24, 2.45) is 0 Å². The molecular formula is C22H28FN3O3. The molecule has 0 aliphatic rings. The van der Waals surface area contributed by atoms with Gasteiger partial charge in [0.15, 0.2) is 11.6 Å². The molecule has 0 unspecified atom stereocenters. The second-order valence-corrected chi connectivity index (χ2v) is 6.75. The molecule has 0 fully saturated rings. The molecule has 0 aliphatic heterocycles. The fourth-order valence-electron chi connectivity index (χ4n) is 3.04. The molecule has 1 N–H and O–H groups in total. The number of carbonyl (C=O) groups is 2. The zero-order chi connectivity index (χ0) is 21.4. The Kier molecular flexibility index (Phi) is 8.15. The van der Waals surface area contributed by atoms with E-state index in [0.717, 1.165) is 5.56 Å². The van der Waals surface area contributed by atoms with Gasteiger partial charge in [-0.15, -0.1) is 0 Å². The predicted molar refractivity (Wildman–Crippen MR) is 112 cm³/mol. The highest BCUT2D eigenvalue weighted by molar-refractivity contribution is 5.97. The SMILES string of the molecule is CCN(CC)C(=O)c1cccc(NC(=O)CN(C)Cc2ccc(OC)c(F)c2)c1. The third-order valence-corrected chi connectivity index (χ3v) is 4.53. The van der Waals surface area contributed by atoms with Crippen LogP contribution in [0.5, 0.6) is 5.75 Å². The van der Waals surface area contributed by atoms with Crippen LogP contribution in [0, 0.1) is 5.82 Å². The van der Waals surface area contributed by atoms with E-state index in [1.807, 2.05) is 13.8 Å². The van der Waals surface area contributed by atoms with Crippen LogP contribution in [0.15, 0.2) is 42.5 Å². The normalized spacial score (nSPS) is 10.7. The van der Waals surface area contributed by atoms with Gasteiger partial charge in [-0.05, 0) is 56.8 Å². The molecular weight excluding hydrogens is 373 g/mol. The third-order valence-electron chi connectivity index (χ3n) is 4.53. The number of nitrogens with one attached hydrogen (secondary N) is 1. The number of halogens is 1. The fourth-order valence-corrected chi connectivity index (χ4v) is 3.04. The zero-order valence-electron chi connectivity index (χ0n) is 17.4. The van der Waals surface area contributed by atoms with E-state index in [-0.39, 0.29) is 24.1 Å². The molecule has 2 aromatic carbocycles. The summed E-state index contributed by atoms with van der Waals surface area (Å²) in [5.74, 6) is -0.524. The van der Waals surface area contributed by atoms with Gasteiger partial charge in [-0.3, -0.25) is 14.5 Å². The Hall–Kier alpha value is -2.93. The Labute approximate surface area is 171 Å². The van der Waals surface area contributed by atoms with Crippen molar-refractivity contribution < 1.29 is 18.7 Å². The maximum Gasteiger partial charge on any atom is 0.253 e. The van der Waals surface area contributed by atoms with E-state index in [9.17, 15) is 14.0 Å². The van der Waals surface area contributed by atoms with Gasteiger partial charge in [-0.1, -0.05) is 12.1 Å². The van der Waals surface area contributed by atoms with Crippen LogP contribution in [0.1, 0.15) is 29.8 Å². The van der Waals surface area contributed by atoms with E-state index < -0.39 is 5.82 Å². The number of hydrogen-bond donors (Lipinski definition) is 1. The van der Waals surface area contributed by atoms with E-state index in [1.165, 1.54) is 13.2 Å². The lowest BCUT2D eigenvalue weighted by molar-refractivity contribution is -0.117. The maximum absolute atomic E-state index is 13.8. The molecule has 0 aromatic heterocycles. The molecule has 29 heavy (non-hydrogen) atoms. The zero-order valence-corrected chi connectivity index (χ0v) is 17.4. The van der Waals surface area contributed by atoms with Gasteiger partial charge in [0.25, 0.3) is 5.91 Å². The summed E-state index contributed by atoms with van der Waals surface area (Å²) in [5.41, 5.74) is 1.84. The maximum atomic E-state index is 13.8. The number of hydrogen-bond acceptors (Lipinski definition) is 4. The highest BCUT2D eigenvalue weighted by Gasteiger charge is 2.14. The van der Waals surface area contributed by atoms with Crippen molar-refractivity contribution in [3.05, 3.63) is 59.4 Å². The molecule has 6 nitrogen and oxygen atoms in total. The molecule has 0 aliphatic carbocycles.